The molecule has 0 radical (unpaired) electrons. The maximum Gasteiger partial charge on any atom is 0.250 e. The zero-order valence-corrected chi connectivity index (χ0v) is 19.6. The molecule has 0 aliphatic rings. The molecule has 4 aromatic rings. The number of thioether (sulfide) groups is 1. The van der Waals surface area contributed by atoms with Crippen molar-refractivity contribution < 1.29 is 9.59 Å². The number of benzene rings is 2. The maximum absolute atomic E-state index is 12.7. The summed E-state index contributed by atoms with van der Waals surface area (Å²) in [7, 11) is 0. The van der Waals surface area contributed by atoms with Crippen LogP contribution in [0, 0.1) is 0 Å². The van der Waals surface area contributed by atoms with E-state index in [0.29, 0.717) is 16.7 Å². The van der Waals surface area contributed by atoms with Gasteiger partial charge in [0.15, 0.2) is 11.0 Å². The first-order valence-corrected chi connectivity index (χ1v) is 11.7. The van der Waals surface area contributed by atoms with Gasteiger partial charge in [0, 0.05) is 18.0 Å². The molecule has 0 unspecified atom stereocenters. The lowest BCUT2D eigenvalue weighted by Gasteiger charge is -2.17. The fraction of sp³-hybridized carbons (Fsp3) is 0.160. The molecule has 4 rings (SSSR count). The summed E-state index contributed by atoms with van der Waals surface area (Å²) in [5.41, 5.74) is 8.95. The van der Waals surface area contributed by atoms with Gasteiger partial charge in [0.2, 0.25) is 5.91 Å². The summed E-state index contributed by atoms with van der Waals surface area (Å²) >= 11 is 1.26. The fourth-order valence-corrected chi connectivity index (χ4v) is 4.31. The number of carbonyl (C=O) groups is 2. The molecule has 0 atom stereocenters. The number of anilines is 1. The lowest BCUT2D eigenvalue weighted by atomic mass is 10.0. The second-order valence-corrected chi connectivity index (χ2v) is 8.79. The number of carbonyl (C=O) groups excluding carboxylic acids is 2. The summed E-state index contributed by atoms with van der Waals surface area (Å²) < 4.78 is 1.96. The molecule has 2 aromatic heterocycles. The van der Waals surface area contributed by atoms with Crippen LogP contribution in [0.4, 0.5) is 5.69 Å². The number of primary amides is 1. The van der Waals surface area contributed by atoms with Gasteiger partial charge < -0.3 is 11.1 Å². The lowest BCUT2D eigenvalue weighted by molar-refractivity contribution is -0.113. The Hall–Kier alpha value is -3.98. The molecule has 0 aliphatic carbocycles. The van der Waals surface area contributed by atoms with Gasteiger partial charge in [-0.2, -0.15) is 0 Å². The number of rotatable bonds is 8. The van der Waals surface area contributed by atoms with Crippen LogP contribution in [0.1, 0.15) is 35.7 Å². The van der Waals surface area contributed by atoms with Gasteiger partial charge in [-0.25, -0.2) is 0 Å². The number of nitrogens with zero attached hydrogens (tertiary/aromatic N) is 4. The Labute approximate surface area is 201 Å². The Bertz CT molecular complexity index is 1320. The Morgan fingerprint density at radius 3 is 2.53 bits per heavy atom. The van der Waals surface area contributed by atoms with Gasteiger partial charge in [-0.05, 0) is 41.8 Å². The van der Waals surface area contributed by atoms with Crippen LogP contribution in [0.5, 0.6) is 0 Å². The van der Waals surface area contributed by atoms with E-state index in [2.05, 4.69) is 40.4 Å². The minimum absolute atomic E-state index is 0.0715. The molecule has 172 valence electrons. The predicted molar refractivity (Wildman–Crippen MR) is 133 cm³/mol. The largest absolute Gasteiger partial charge is 0.366 e. The zero-order valence-electron chi connectivity index (χ0n) is 18.8. The molecule has 0 fully saturated rings. The summed E-state index contributed by atoms with van der Waals surface area (Å²) in [6.07, 6.45) is 3.44. The van der Waals surface area contributed by atoms with Crippen molar-refractivity contribution in [1.82, 2.24) is 19.7 Å². The highest BCUT2D eigenvalue weighted by Crippen LogP contribution is 2.32. The maximum atomic E-state index is 12.7. The van der Waals surface area contributed by atoms with E-state index in [-0.39, 0.29) is 23.1 Å². The highest BCUT2D eigenvalue weighted by Gasteiger charge is 2.20. The number of hydrogen-bond donors (Lipinski definition) is 2. The standard InChI is InChI=1S/C25H24N6O2S/c1-16(2)18-9-4-6-12-21(18)31-24(17-8-7-13-27-14-17)29-30-25(31)34-15-22(32)28-20-11-5-3-10-19(20)23(26)33/h3-14,16H,15H2,1-2H3,(H2,26,33)(H,28,32). The smallest absolute Gasteiger partial charge is 0.250 e. The van der Waals surface area contributed by atoms with E-state index in [1.54, 1.807) is 36.7 Å². The zero-order chi connectivity index (χ0) is 24.1. The van der Waals surface area contributed by atoms with Crippen molar-refractivity contribution in [2.45, 2.75) is 24.9 Å². The van der Waals surface area contributed by atoms with Gasteiger partial charge in [-0.15, -0.1) is 10.2 Å². The summed E-state index contributed by atoms with van der Waals surface area (Å²) in [6, 6.07) is 18.5. The number of amides is 2. The molecular formula is C25H24N6O2S. The van der Waals surface area contributed by atoms with E-state index in [1.165, 1.54) is 11.8 Å². The number of nitrogens with one attached hydrogen (secondary N) is 1. The van der Waals surface area contributed by atoms with Crippen molar-refractivity contribution in [2.75, 3.05) is 11.1 Å². The van der Waals surface area contributed by atoms with Gasteiger partial charge in [0.25, 0.3) is 5.91 Å². The van der Waals surface area contributed by atoms with Crippen LogP contribution in [0.3, 0.4) is 0 Å². The van der Waals surface area contributed by atoms with Crippen LogP contribution in [-0.4, -0.2) is 37.3 Å². The van der Waals surface area contributed by atoms with E-state index in [4.69, 9.17) is 5.73 Å². The van der Waals surface area contributed by atoms with Crippen molar-refractivity contribution in [3.63, 3.8) is 0 Å². The molecule has 3 N–H and O–H groups in total. The highest BCUT2D eigenvalue weighted by atomic mass is 32.2. The van der Waals surface area contributed by atoms with Gasteiger partial charge in [-0.1, -0.05) is 55.9 Å². The third-order valence-electron chi connectivity index (χ3n) is 5.15. The van der Waals surface area contributed by atoms with E-state index < -0.39 is 5.91 Å². The van der Waals surface area contributed by atoms with Gasteiger partial charge >= 0.3 is 0 Å². The molecule has 9 heteroatoms. The molecular weight excluding hydrogens is 448 g/mol. The second-order valence-electron chi connectivity index (χ2n) is 7.84. The molecule has 0 bridgehead atoms. The monoisotopic (exact) mass is 472 g/mol. The van der Waals surface area contributed by atoms with Crippen LogP contribution >= 0.6 is 11.8 Å². The Balaban J connectivity index is 1.65. The molecule has 0 aliphatic heterocycles. The number of nitrogens with two attached hydrogens (primary N) is 1. The first-order chi connectivity index (χ1) is 16.5. The van der Waals surface area contributed by atoms with Crippen LogP contribution in [0.15, 0.2) is 78.2 Å². The van der Waals surface area contributed by atoms with Crippen LogP contribution < -0.4 is 11.1 Å². The predicted octanol–water partition coefficient (Wildman–Crippen LogP) is 4.28. The number of pyridine rings is 1. The molecule has 34 heavy (non-hydrogen) atoms. The molecule has 2 amide bonds. The third kappa shape index (κ3) is 4.99. The molecule has 0 saturated heterocycles. The van der Waals surface area contributed by atoms with Crippen LogP contribution in [0.25, 0.3) is 17.1 Å². The van der Waals surface area contributed by atoms with Gasteiger partial charge in [0.1, 0.15) is 0 Å². The molecule has 2 heterocycles. The average molecular weight is 473 g/mol. The Morgan fingerprint density at radius 1 is 1.03 bits per heavy atom. The summed E-state index contributed by atoms with van der Waals surface area (Å²) in [5, 5.41) is 12.1. The molecule has 2 aromatic carbocycles. The first-order valence-electron chi connectivity index (χ1n) is 10.7. The number of aromatic nitrogens is 4. The van der Waals surface area contributed by atoms with Gasteiger partial charge in [0.05, 0.1) is 22.7 Å². The SMILES string of the molecule is CC(C)c1ccccc1-n1c(SCC(=O)Nc2ccccc2C(N)=O)nnc1-c1cccnc1. The average Bonchev–Trinajstić information content (AvgIpc) is 3.27. The number of hydrogen-bond acceptors (Lipinski definition) is 6. The van der Waals surface area contributed by atoms with E-state index in [0.717, 1.165) is 16.8 Å². The van der Waals surface area contributed by atoms with Crippen molar-refractivity contribution in [2.24, 2.45) is 5.73 Å². The van der Waals surface area contributed by atoms with Crippen molar-refractivity contribution >= 4 is 29.3 Å². The molecule has 0 spiro atoms. The highest BCUT2D eigenvalue weighted by molar-refractivity contribution is 7.99. The minimum atomic E-state index is -0.602. The van der Waals surface area contributed by atoms with Crippen molar-refractivity contribution in [3.05, 3.63) is 84.2 Å². The van der Waals surface area contributed by atoms with Crippen molar-refractivity contribution in [1.29, 1.82) is 0 Å². The Kier molecular flexibility index (Phi) is 7.03. The summed E-state index contributed by atoms with van der Waals surface area (Å²) in [5.74, 6) is 0.0975. The summed E-state index contributed by atoms with van der Waals surface area (Å²) in [6.45, 7) is 4.26. The normalized spacial score (nSPS) is 10.9. The van der Waals surface area contributed by atoms with E-state index in [1.807, 2.05) is 34.9 Å². The fourth-order valence-electron chi connectivity index (χ4n) is 3.57. The molecule has 8 nitrogen and oxygen atoms in total. The Morgan fingerprint density at radius 2 is 1.79 bits per heavy atom. The van der Waals surface area contributed by atoms with Gasteiger partial charge in [-0.3, -0.25) is 19.1 Å². The van der Waals surface area contributed by atoms with Crippen LogP contribution in [-0.2, 0) is 4.79 Å². The molecule has 0 saturated carbocycles. The van der Waals surface area contributed by atoms with E-state index >= 15 is 0 Å². The topological polar surface area (TPSA) is 116 Å². The minimum Gasteiger partial charge on any atom is -0.366 e. The number of para-hydroxylation sites is 2. The quantitative estimate of drug-likeness (QED) is 0.370. The summed E-state index contributed by atoms with van der Waals surface area (Å²) in [4.78, 5) is 28.6. The van der Waals surface area contributed by atoms with E-state index in [9.17, 15) is 9.59 Å². The second kappa shape index (κ2) is 10.3. The third-order valence-corrected chi connectivity index (χ3v) is 6.08. The first kappa shape index (κ1) is 23.2. The van der Waals surface area contributed by atoms with Crippen molar-refractivity contribution in [3.8, 4) is 17.1 Å². The lowest BCUT2D eigenvalue weighted by Crippen LogP contribution is -2.19. The van der Waals surface area contributed by atoms with Crippen LogP contribution in [0.2, 0.25) is 0 Å².